The van der Waals surface area contributed by atoms with Gasteiger partial charge in [0.25, 0.3) is 0 Å². The topological polar surface area (TPSA) is 72.6 Å². The summed E-state index contributed by atoms with van der Waals surface area (Å²) in [6, 6.07) is 1.00. The Morgan fingerprint density at radius 2 is 1.96 bits per heavy atom. The van der Waals surface area contributed by atoms with Crippen LogP contribution in [0.4, 0.5) is 10.2 Å². The van der Waals surface area contributed by atoms with E-state index in [1.807, 2.05) is 6.92 Å². The van der Waals surface area contributed by atoms with E-state index in [0.717, 1.165) is 18.9 Å². The lowest BCUT2D eigenvalue weighted by atomic mass is 10.2. The van der Waals surface area contributed by atoms with Crippen molar-refractivity contribution in [2.45, 2.75) is 25.8 Å². The number of rotatable bonds is 4. The predicted molar refractivity (Wildman–Crippen MR) is 98.2 cm³/mol. The zero-order valence-corrected chi connectivity index (χ0v) is 15.8. The molecule has 4 heterocycles. The fourth-order valence-corrected chi connectivity index (χ4v) is 3.32. The van der Waals surface area contributed by atoms with Crippen LogP contribution < -0.4 is 4.90 Å². The Kier molecular flexibility index (Phi) is 4.62. The molecule has 1 saturated heterocycles. The summed E-state index contributed by atoms with van der Waals surface area (Å²) >= 11 is 3.21. The highest BCUT2D eigenvalue weighted by molar-refractivity contribution is 9.10. The van der Waals surface area contributed by atoms with Crippen molar-refractivity contribution in [3.8, 4) is 11.4 Å². The third kappa shape index (κ3) is 3.31. The number of aromatic nitrogens is 6. The first-order valence-electron chi connectivity index (χ1n) is 8.42. The van der Waals surface area contributed by atoms with Crippen molar-refractivity contribution in [1.82, 2.24) is 29.9 Å². The maximum absolute atomic E-state index is 14.2. The largest absolute Gasteiger partial charge is 0.355 e. The highest BCUT2D eigenvalue weighted by atomic mass is 79.9. The van der Waals surface area contributed by atoms with Crippen LogP contribution in [0.25, 0.3) is 11.4 Å². The van der Waals surface area contributed by atoms with Crippen molar-refractivity contribution in [3.63, 3.8) is 0 Å². The summed E-state index contributed by atoms with van der Waals surface area (Å²) in [5.41, 5.74) is 1.56. The average Bonchev–Trinajstić information content (AvgIpc) is 3.33. The van der Waals surface area contributed by atoms with Gasteiger partial charge in [-0.05, 0) is 41.8 Å². The first kappa shape index (κ1) is 17.0. The fourth-order valence-electron chi connectivity index (χ4n) is 3.02. The van der Waals surface area contributed by atoms with Gasteiger partial charge in [0.15, 0.2) is 0 Å². The Morgan fingerprint density at radius 1 is 1.15 bits per heavy atom. The van der Waals surface area contributed by atoms with Crippen LogP contribution in [0.5, 0.6) is 0 Å². The molecule has 1 unspecified atom stereocenters. The summed E-state index contributed by atoms with van der Waals surface area (Å²) in [4.78, 5) is 15.3. The lowest BCUT2D eigenvalue weighted by molar-refractivity contribution is 0.493. The van der Waals surface area contributed by atoms with E-state index in [1.165, 1.54) is 18.9 Å². The molecular formula is C17H17BrFN7. The minimum Gasteiger partial charge on any atom is -0.355 e. The molecule has 0 aliphatic carbocycles. The molecule has 1 atom stereocenters. The Hall–Kier alpha value is -2.42. The predicted octanol–water partition coefficient (Wildman–Crippen LogP) is 3.24. The van der Waals surface area contributed by atoms with Crippen molar-refractivity contribution in [1.29, 1.82) is 0 Å². The molecule has 0 aromatic carbocycles. The van der Waals surface area contributed by atoms with Crippen LogP contribution >= 0.6 is 15.9 Å². The highest BCUT2D eigenvalue weighted by Gasteiger charge is 2.19. The maximum Gasteiger partial charge on any atom is 0.148 e. The van der Waals surface area contributed by atoms with E-state index in [0.29, 0.717) is 21.6 Å². The number of nitrogens with zero attached hydrogens (tertiary/aromatic N) is 7. The van der Waals surface area contributed by atoms with Gasteiger partial charge in [0, 0.05) is 23.8 Å². The number of hydrogen-bond acceptors (Lipinski definition) is 6. The molecule has 0 radical (unpaired) electrons. The molecule has 1 aliphatic rings. The normalized spacial score (nSPS) is 15.4. The van der Waals surface area contributed by atoms with E-state index in [9.17, 15) is 4.39 Å². The zero-order chi connectivity index (χ0) is 18.1. The Bertz CT molecular complexity index is 923. The molecule has 1 fully saturated rings. The van der Waals surface area contributed by atoms with Crippen LogP contribution in [0, 0.1) is 5.82 Å². The van der Waals surface area contributed by atoms with Crippen molar-refractivity contribution in [2.75, 3.05) is 18.0 Å². The number of halogens is 2. The van der Waals surface area contributed by atoms with Gasteiger partial charge in [-0.2, -0.15) is 0 Å². The minimum absolute atomic E-state index is 0.307. The summed E-state index contributed by atoms with van der Waals surface area (Å²) in [7, 11) is 0. The zero-order valence-electron chi connectivity index (χ0n) is 14.2. The quantitative estimate of drug-likeness (QED) is 0.648. The summed E-state index contributed by atoms with van der Waals surface area (Å²) < 4.78 is 16.3. The van der Waals surface area contributed by atoms with Gasteiger partial charge >= 0.3 is 0 Å². The molecule has 1 aliphatic heterocycles. The number of pyridine rings is 1. The number of anilines is 1. The molecule has 134 valence electrons. The standard InChI is InChI=1S/C17H17BrFN7/c1-11(17-13(19)6-12(18)7-21-17)26-10-15(23-24-26)14-8-20-9-16(22-14)25-4-2-3-5-25/h6-11H,2-5H2,1H3. The second kappa shape index (κ2) is 7.06. The van der Waals surface area contributed by atoms with Gasteiger partial charge in [-0.3, -0.25) is 9.97 Å². The molecule has 3 aromatic heterocycles. The van der Waals surface area contributed by atoms with Crippen LogP contribution in [-0.2, 0) is 0 Å². The van der Waals surface area contributed by atoms with Crippen molar-refractivity contribution >= 4 is 21.7 Å². The van der Waals surface area contributed by atoms with Crippen LogP contribution in [0.15, 0.2) is 35.3 Å². The lowest BCUT2D eigenvalue weighted by Crippen LogP contribution is -2.19. The molecule has 26 heavy (non-hydrogen) atoms. The van der Waals surface area contributed by atoms with Gasteiger partial charge in [0.1, 0.15) is 28.7 Å². The van der Waals surface area contributed by atoms with Crippen LogP contribution in [-0.4, -0.2) is 43.0 Å². The SMILES string of the molecule is CC(c1ncc(Br)cc1F)n1cc(-c2cncc(N3CCCC3)n2)nn1. The molecule has 0 amide bonds. The maximum atomic E-state index is 14.2. The Balaban J connectivity index is 1.60. The van der Waals surface area contributed by atoms with E-state index in [2.05, 4.69) is 46.1 Å². The van der Waals surface area contributed by atoms with Gasteiger partial charge in [-0.25, -0.2) is 14.1 Å². The van der Waals surface area contributed by atoms with E-state index < -0.39 is 0 Å². The molecule has 0 bridgehead atoms. The highest BCUT2D eigenvalue weighted by Crippen LogP contribution is 2.24. The van der Waals surface area contributed by atoms with Gasteiger partial charge in [0.05, 0.1) is 24.6 Å². The fraction of sp³-hybridized carbons (Fsp3) is 0.353. The molecule has 0 spiro atoms. The molecular weight excluding hydrogens is 401 g/mol. The summed E-state index contributed by atoms with van der Waals surface area (Å²) in [6.45, 7) is 3.82. The van der Waals surface area contributed by atoms with Gasteiger partial charge in [0.2, 0.25) is 0 Å². The first-order chi connectivity index (χ1) is 12.6. The van der Waals surface area contributed by atoms with Gasteiger partial charge in [-0.15, -0.1) is 5.10 Å². The summed E-state index contributed by atoms with van der Waals surface area (Å²) in [5.74, 6) is 0.461. The monoisotopic (exact) mass is 417 g/mol. The van der Waals surface area contributed by atoms with Crippen LogP contribution in [0.2, 0.25) is 0 Å². The molecule has 4 rings (SSSR count). The van der Waals surface area contributed by atoms with E-state index in [4.69, 9.17) is 0 Å². The van der Waals surface area contributed by atoms with Gasteiger partial charge < -0.3 is 4.90 Å². The second-order valence-electron chi connectivity index (χ2n) is 6.24. The lowest BCUT2D eigenvalue weighted by Gasteiger charge is -2.15. The van der Waals surface area contributed by atoms with Gasteiger partial charge in [-0.1, -0.05) is 5.21 Å². The molecule has 3 aromatic rings. The Labute approximate surface area is 158 Å². The van der Waals surface area contributed by atoms with Crippen molar-refractivity contribution in [3.05, 3.63) is 46.8 Å². The minimum atomic E-state index is -0.390. The second-order valence-corrected chi connectivity index (χ2v) is 7.15. The van der Waals surface area contributed by atoms with E-state index >= 15 is 0 Å². The molecule has 9 heteroatoms. The summed E-state index contributed by atoms with van der Waals surface area (Å²) in [5, 5.41) is 8.31. The smallest absolute Gasteiger partial charge is 0.148 e. The first-order valence-corrected chi connectivity index (χ1v) is 9.21. The Morgan fingerprint density at radius 3 is 2.73 bits per heavy atom. The third-order valence-corrected chi connectivity index (χ3v) is 4.89. The van der Waals surface area contributed by atoms with E-state index in [-0.39, 0.29) is 11.9 Å². The van der Waals surface area contributed by atoms with Crippen molar-refractivity contribution < 1.29 is 4.39 Å². The molecule has 0 saturated carbocycles. The molecule has 7 nitrogen and oxygen atoms in total. The average molecular weight is 418 g/mol. The number of hydrogen-bond donors (Lipinski definition) is 0. The van der Waals surface area contributed by atoms with Crippen LogP contribution in [0.1, 0.15) is 31.5 Å². The van der Waals surface area contributed by atoms with Crippen molar-refractivity contribution in [2.24, 2.45) is 0 Å². The third-order valence-electron chi connectivity index (χ3n) is 4.45. The van der Waals surface area contributed by atoms with E-state index in [1.54, 1.807) is 29.5 Å². The summed E-state index contributed by atoms with van der Waals surface area (Å²) in [6.07, 6.45) is 9.08. The molecule has 0 N–H and O–H groups in total. The van der Waals surface area contributed by atoms with Crippen LogP contribution in [0.3, 0.4) is 0 Å².